The number of anilines is 1. The molecule has 3 atom stereocenters. The Morgan fingerprint density at radius 3 is 2.95 bits per heavy atom. The number of fused-ring (bicyclic) bond motifs is 1. The summed E-state index contributed by atoms with van der Waals surface area (Å²) in [4.78, 5) is 24.5. The number of carbonyl (C=O) groups is 1. The van der Waals surface area contributed by atoms with E-state index >= 15 is 0 Å². The predicted octanol–water partition coefficient (Wildman–Crippen LogP) is 0.687. The van der Waals surface area contributed by atoms with Crippen molar-refractivity contribution in [3.05, 3.63) is 18.6 Å². The van der Waals surface area contributed by atoms with Crippen molar-refractivity contribution in [2.75, 3.05) is 39.0 Å². The molecule has 1 N–H and O–H groups in total. The van der Waals surface area contributed by atoms with E-state index in [0.717, 1.165) is 25.3 Å². The highest BCUT2D eigenvalue weighted by Crippen LogP contribution is 2.39. The first-order valence-electron chi connectivity index (χ1n) is 7.58. The third kappa shape index (κ3) is 3.15. The van der Waals surface area contributed by atoms with Gasteiger partial charge in [0.2, 0.25) is 5.91 Å². The van der Waals surface area contributed by atoms with Gasteiger partial charge >= 0.3 is 0 Å². The Morgan fingerprint density at radius 1 is 1.38 bits per heavy atom. The summed E-state index contributed by atoms with van der Waals surface area (Å²) in [5.74, 6) is 2.25. The van der Waals surface area contributed by atoms with Gasteiger partial charge in [0.25, 0.3) is 0 Å². The van der Waals surface area contributed by atoms with E-state index in [0.29, 0.717) is 24.4 Å². The Balaban J connectivity index is 1.60. The van der Waals surface area contributed by atoms with Crippen LogP contribution in [0.25, 0.3) is 0 Å². The van der Waals surface area contributed by atoms with Crippen molar-refractivity contribution in [2.45, 2.75) is 18.9 Å². The number of hydrogen-bond acceptors (Lipinski definition) is 5. The van der Waals surface area contributed by atoms with E-state index in [4.69, 9.17) is 0 Å². The molecule has 1 saturated heterocycles. The molecule has 1 aliphatic heterocycles. The molecule has 6 heteroatoms. The average Bonchev–Trinajstić information content (AvgIpc) is 3.01. The number of amides is 1. The zero-order valence-corrected chi connectivity index (χ0v) is 12.7. The van der Waals surface area contributed by atoms with Crippen molar-refractivity contribution in [3.8, 4) is 0 Å². The standard InChI is InChI=1S/C15H23N5O/c1-19(2)10-15(21)20-8-11-3-4-13(12(11)9-20)18-14-7-16-5-6-17-14/h5-7,11-13H,3-4,8-10H2,1-2H3,(H,17,18)/t11-,12+,13+/m0/s1. The van der Waals surface area contributed by atoms with E-state index in [2.05, 4.69) is 15.3 Å². The van der Waals surface area contributed by atoms with E-state index < -0.39 is 0 Å². The molecule has 1 aromatic heterocycles. The molecule has 2 aliphatic rings. The summed E-state index contributed by atoms with van der Waals surface area (Å²) < 4.78 is 0. The Bertz CT molecular complexity index is 492. The van der Waals surface area contributed by atoms with Crippen molar-refractivity contribution < 1.29 is 4.79 Å². The molecule has 3 rings (SSSR count). The maximum atomic E-state index is 12.2. The average molecular weight is 289 g/mol. The quantitative estimate of drug-likeness (QED) is 0.883. The minimum absolute atomic E-state index is 0.243. The normalized spacial score (nSPS) is 28.0. The predicted molar refractivity (Wildman–Crippen MR) is 80.8 cm³/mol. The zero-order valence-electron chi connectivity index (χ0n) is 12.7. The van der Waals surface area contributed by atoms with E-state index in [9.17, 15) is 4.79 Å². The lowest BCUT2D eigenvalue weighted by atomic mass is 9.98. The molecule has 1 saturated carbocycles. The van der Waals surface area contributed by atoms with Crippen LogP contribution in [0.2, 0.25) is 0 Å². The second-order valence-corrected chi connectivity index (χ2v) is 6.38. The van der Waals surface area contributed by atoms with E-state index in [-0.39, 0.29) is 5.91 Å². The number of aromatic nitrogens is 2. The molecule has 0 aromatic carbocycles. The third-order valence-corrected chi connectivity index (χ3v) is 4.56. The van der Waals surface area contributed by atoms with Gasteiger partial charge in [-0.05, 0) is 32.9 Å². The summed E-state index contributed by atoms with van der Waals surface area (Å²) in [7, 11) is 3.88. The smallest absolute Gasteiger partial charge is 0.236 e. The number of likely N-dealkylation sites (tertiary alicyclic amines) is 1. The van der Waals surface area contributed by atoms with Gasteiger partial charge in [-0.1, -0.05) is 0 Å². The molecule has 0 unspecified atom stereocenters. The Morgan fingerprint density at radius 2 is 2.24 bits per heavy atom. The van der Waals surface area contributed by atoms with Crippen LogP contribution < -0.4 is 5.32 Å². The Labute approximate surface area is 125 Å². The molecule has 114 valence electrons. The molecule has 0 bridgehead atoms. The first-order valence-corrected chi connectivity index (χ1v) is 7.58. The maximum absolute atomic E-state index is 12.2. The van der Waals surface area contributed by atoms with Crippen LogP contribution in [0.5, 0.6) is 0 Å². The molecule has 1 aromatic rings. The molecule has 0 radical (unpaired) electrons. The summed E-state index contributed by atoms with van der Waals surface area (Å²) in [5, 5.41) is 3.49. The van der Waals surface area contributed by atoms with Crippen LogP contribution in [0.3, 0.4) is 0 Å². The summed E-state index contributed by atoms with van der Waals surface area (Å²) >= 11 is 0. The van der Waals surface area contributed by atoms with Crippen LogP contribution in [0.15, 0.2) is 18.6 Å². The maximum Gasteiger partial charge on any atom is 0.236 e. The van der Waals surface area contributed by atoms with Crippen LogP contribution in [0.1, 0.15) is 12.8 Å². The Hall–Kier alpha value is -1.69. The van der Waals surface area contributed by atoms with Gasteiger partial charge in [-0.3, -0.25) is 9.78 Å². The Kier molecular flexibility index (Phi) is 4.05. The monoisotopic (exact) mass is 289 g/mol. The van der Waals surface area contributed by atoms with Gasteiger partial charge in [0.15, 0.2) is 0 Å². The van der Waals surface area contributed by atoms with Crippen molar-refractivity contribution in [2.24, 2.45) is 11.8 Å². The van der Waals surface area contributed by atoms with Gasteiger partial charge in [-0.2, -0.15) is 0 Å². The number of carbonyl (C=O) groups excluding carboxylic acids is 1. The van der Waals surface area contributed by atoms with Crippen LogP contribution >= 0.6 is 0 Å². The summed E-state index contributed by atoms with van der Waals surface area (Å²) in [6.45, 7) is 2.28. The molecule has 1 aliphatic carbocycles. The molecule has 0 spiro atoms. The van der Waals surface area contributed by atoms with E-state index in [1.165, 1.54) is 6.42 Å². The fraction of sp³-hybridized carbons (Fsp3) is 0.667. The first kappa shape index (κ1) is 14.3. The SMILES string of the molecule is CN(C)CC(=O)N1C[C@@H]2CC[C@@H](Nc3cnccn3)[C@@H]2C1. The number of rotatable bonds is 4. The topological polar surface area (TPSA) is 61.4 Å². The van der Waals surface area contributed by atoms with Crippen LogP contribution in [-0.2, 0) is 4.79 Å². The van der Waals surface area contributed by atoms with Gasteiger partial charge in [-0.25, -0.2) is 4.98 Å². The van der Waals surface area contributed by atoms with Crippen molar-refractivity contribution in [1.82, 2.24) is 19.8 Å². The van der Waals surface area contributed by atoms with Gasteiger partial charge in [0, 0.05) is 37.4 Å². The molecular formula is C15H23N5O. The molecule has 6 nitrogen and oxygen atoms in total. The lowest BCUT2D eigenvalue weighted by molar-refractivity contribution is -0.131. The van der Waals surface area contributed by atoms with Gasteiger partial charge in [0.05, 0.1) is 12.7 Å². The van der Waals surface area contributed by atoms with Crippen molar-refractivity contribution in [3.63, 3.8) is 0 Å². The highest BCUT2D eigenvalue weighted by atomic mass is 16.2. The minimum Gasteiger partial charge on any atom is -0.366 e. The second-order valence-electron chi connectivity index (χ2n) is 6.38. The summed E-state index contributed by atoms with van der Waals surface area (Å²) in [5.41, 5.74) is 0. The van der Waals surface area contributed by atoms with Gasteiger partial charge < -0.3 is 15.1 Å². The summed E-state index contributed by atoms with van der Waals surface area (Å²) in [6.07, 6.45) is 7.49. The number of hydrogen-bond donors (Lipinski definition) is 1. The third-order valence-electron chi connectivity index (χ3n) is 4.56. The highest BCUT2D eigenvalue weighted by Gasteiger charge is 2.43. The van der Waals surface area contributed by atoms with Crippen LogP contribution in [0.4, 0.5) is 5.82 Å². The minimum atomic E-state index is 0.243. The first-order chi connectivity index (χ1) is 10.1. The van der Waals surface area contributed by atoms with Crippen LogP contribution in [0, 0.1) is 11.8 Å². The molecule has 2 heterocycles. The lowest BCUT2D eigenvalue weighted by Crippen LogP contribution is -2.38. The van der Waals surface area contributed by atoms with E-state index in [1.807, 2.05) is 23.9 Å². The largest absolute Gasteiger partial charge is 0.366 e. The highest BCUT2D eigenvalue weighted by molar-refractivity contribution is 5.78. The number of nitrogens with one attached hydrogen (secondary N) is 1. The second kappa shape index (κ2) is 5.97. The number of likely N-dealkylation sites (N-methyl/N-ethyl adjacent to an activating group) is 1. The molecule has 2 fully saturated rings. The number of nitrogens with zero attached hydrogens (tertiary/aromatic N) is 4. The lowest BCUT2D eigenvalue weighted by Gasteiger charge is -2.23. The molecular weight excluding hydrogens is 266 g/mol. The van der Waals surface area contributed by atoms with E-state index in [1.54, 1.807) is 18.6 Å². The summed E-state index contributed by atoms with van der Waals surface area (Å²) in [6, 6.07) is 0.406. The van der Waals surface area contributed by atoms with Crippen molar-refractivity contribution >= 4 is 11.7 Å². The molecule has 21 heavy (non-hydrogen) atoms. The zero-order chi connectivity index (χ0) is 14.8. The molecule has 1 amide bonds. The van der Waals surface area contributed by atoms with Gasteiger partial charge in [-0.15, -0.1) is 0 Å². The fourth-order valence-electron chi connectivity index (χ4n) is 3.58. The van der Waals surface area contributed by atoms with Crippen molar-refractivity contribution in [1.29, 1.82) is 0 Å². The van der Waals surface area contributed by atoms with Crippen LogP contribution in [-0.4, -0.2) is 65.4 Å². The fourth-order valence-corrected chi connectivity index (χ4v) is 3.58. The van der Waals surface area contributed by atoms with Gasteiger partial charge in [0.1, 0.15) is 5.82 Å².